The molecule has 7 saturated heterocycles. The first-order valence-corrected chi connectivity index (χ1v) is 36.9. The molecule has 11 fully saturated rings. The lowest BCUT2D eigenvalue weighted by atomic mass is 9.33. The predicted octanol–water partition coefficient (Wildman–Crippen LogP) is -5.23. The summed E-state index contributed by atoms with van der Waals surface area (Å²) in [6.07, 6.45) is -46.3. The van der Waals surface area contributed by atoms with Gasteiger partial charge in [0.25, 0.3) is 0 Å². The number of fused-ring (bicyclic) bond motifs is 7. The summed E-state index contributed by atoms with van der Waals surface area (Å²) in [6.45, 7) is 15.5. The fraction of sp³-hybridized carbons (Fsp3) is 0.957. The maximum absolute atomic E-state index is 15.4. The quantitative estimate of drug-likeness (QED) is 0.0368. The highest BCUT2D eigenvalue weighted by molar-refractivity contribution is 5.79. The number of carbonyl (C=O) groups is 1. The smallest absolute Gasteiger partial charge is 0.315 e. The molecule has 7 aliphatic heterocycles. The Bertz CT molecular complexity index is 2950. The maximum Gasteiger partial charge on any atom is 0.315 e. The van der Waals surface area contributed by atoms with Gasteiger partial charge in [0, 0.05) is 0 Å². The summed E-state index contributed by atoms with van der Waals surface area (Å²) in [5, 5.41) is 207. The molecule has 0 amide bonds. The summed E-state index contributed by atoms with van der Waals surface area (Å²) >= 11 is 0. The standard InChI is InChI=1S/C70H114O34/c1-26-38(75)43(80)47(84)59(94-26)101-54-33(22-72)97-57(50(87)46(54)83)93-25-34-42(79)45(82)49(86)61(98-34)104-64(90)70-18-16-65(3,4)20-29(70)28-10-11-36-67(7)14-13-37(66(5,6)35(67)12-15-69(36,9)68(28,8)17-19-70)99-63-56(40(77)30(73)23-92-63)103-62-52(89)55(39(76)27(2)95-62)102-58-51(88)53(31(74)24-91-58)100-60-48(85)44(81)41(78)32(21-71)96-60/h10,26-27,29-63,71-89H,11-25H2,1-9H3. The van der Waals surface area contributed by atoms with Crippen LogP contribution in [-0.4, -0.2) is 345 Å². The van der Waals surface area contributed by atoms with Gasteiger partial charge in [-0.2, -0.15) is 0 Å². The normalized spacial score (nSPS) is 54.7. The number of rotatable bonds is 17. The molecular weight excluding hydrogens is 1380 g/mol. The molecule has 12 aliphatic rings. The van der Waals surface area contributed by atoms with Crippen molar-refractivity contribution in [2.24, 2.45) is 50.2 Å². The molecule has 598 valence electrons. The Kier molecular flexibility index (Phi) is 24.1. The van der Waals surface area contributed by atoms with Gasteiger partial charge in [-0.1, -0.05) is 60.1 Å². The Labute approximate surface area is 602 Å². The monoisotopic (exact) mass is 1500 g/mol. The first kappa shape index (κ1) is 81.4. The van der Waals surface area contributed by atoms with Crippen LogP contribution >= 0.6 is 0 Å². The van der Waals surface area contributed by atoms with Gasteiger partial charge < -0.3 is 163 Å². The molecule has 104 heavy (non-hydrogen) atoms. The Morgan fingerprint density at radius 2 is 0.981 bits per heavy atom. The van der Waals surface area contributed by atoms with E-state index in [-0.39, 0.29) is 40.6 Å². The van der Waals surface area contributed by atoms with E-state index in [0.717, 1.165) is 12.8 Å². The van der Waals surface area contributed by atoms with Gasteiger partial charge in [0.15, 0.2) is 37.7 Å². The van der Waals surface area contributed by atoms with Crippen LogP contribution in [0.3, 0.4) is 0 Å². The number of hydrogen-bond donors (Lipinski definition) is 19. The van der Waals surface area contributed by atoms with Crippen molar-refractivity contribution in [3.05, 3.63) is 11.6 Å². The Balaban J connectivity index is 0.703. The maximum atomic E-state index is 15.4. The zero-order valence-electron chi connectivity index (χ0n) is 60.2. The van der Waals surface area contributed by atoms with E-state index >= 15 is 4.79 Å². The number of ether oxygens (including phenoxy) is 14. The van der Waals surface area contributed by atoms with E-state index in [9.17, 15) is 97.0 Å². The summed E-state index contributed by atoms with van der Waals surface area (Å²) < 4.78 is 83.3. The number of allylic oxidation sites excluding steroid dienone is 2. The van der Waals surface area contributed by atoms with Crippen molar-refractivity contribution in [3.63, 3.8) is 0 Å². The minimum atomic E-state index is -1.92. The lowest BCUT2D eigenvalue weighted by Gasteiger charge is -2.71. The highest BCUT2D eigenvalue weighted by atomic mass is 16.8. The molecule has 34 nitrogen and oxygen atoms in total. The third-order valence-electron chi connectivity index (χ3n) is 26.9. The fourth-order valence-electron chi connectivity index (χ4n) is 20.2. The second-order valence-corrected chi connectivity index (χ2v) is 33.8. The highest BCUT2D eigenvalue weighted by Gasteiger charge is 2.71. The van der Waals surface area contributed by atoms with Crippen LogP contribution in [0, 0.1) is 50.2 Å². The molecular formula is C70H114O34. The van der Waals surface area contributed by atoms with E-state index in [2.05, 4.69) is 54.5 Å². The average molecular weight is 1500 g/mol. The minimum Gasteiger partial charge on any atom is -0.432 e. The van der Waals surface area contributed by atoms with Gasteiger partial charge in [0.1, 0.15) is 146 Å². The molecule has 0 bridgehead atoms. The second kappa shape index (κ2) is 30.8. The van der Waals surface area contributed by atoms with E-state index in [4.69, 9.17) is 66.3 Å². The molecule has 0 aromatic heterocycles. The lowest BCUT2D eigenvalue weighted by Crippen LogP contribution is -2.66. The molecule has 34 heteroatoms. The van der Waals surface area contributed by atoms with Crippen LogP contribution in [0.4, 0.5) is 0 Å². The van der Waals surface area contributed by atoms with E-state index in [0.29, 0.717) is 51.4 Å². The molecule has 41 atom stereocenters. The number of carbonyl (C=O) groups excluding carboxylic acids is 1. The van der Waals surface area contributed by atoms with Gasteiger partial charge in [-0.3, -0.25) is 4.79 Å². The van der Waals surface area contributed by atoms with Crippen LogP contribution in [0.1, 0.15) is 127 Å². The largest absolute Gasteiger partial charge is 0.432 e. The molecule has 0 aromatic rings. The fourth-order valence-corrected chi connectivity index (χ4v) is 20.2. The predicted molar refractivity (Wildman–Crippen MR) is 346 cm³/mol. The molecule has 0 aromatic carbocycles. The average Bonchev–Trinajstić information content (AvgIpc) is 0.675. The van der Waals surface area contributed by atoms with Crippen molar-refractivity contribution >= 4 is 5.97 Å². The summed E-state index contributed by atoms with van der Waals surface area (Å²) in [5.74, 6) is -0.731. The minimum absolute atomic E-state index is 0.0658. The van der Waals surface area contributed by atoms with E-state index < -0.39 is 257 Å². The van der Waals surface area contributed by atoms with Gasteiger partial charge >= 0.3 is 5.97 Å². The Morgan fingerprint density at radius 3 is 1.65 bits per heavy atom. The number of aliphatic hydroxyl groups is 19. The Hall–Kier alpha value is -2.07. The first-order valence-electron chi connectivity index (χ1n) is 36.9. The van der Waals surface area contributed by atoms with Gasteiger partial charge in [0.2, 0.25) is 6.29 Å². The van der Waals surface area contributed by atoms with Crippen LogP contribution in [0.15, 0.2) is 11.6 Å². The van der Waals surface area contributed by atoms with E-state index in [1.807, 2.05) is 0 Å². The van der Waals surface area contributed by atoms with Crippen molar-refractivity contribution in [3.8, 4) is 0 Å². The molecule has 19 N–H and O–H groups in total. The second-order valence-electron chi connectivity index (χ2n) is 33.8. The SMILES string of the molecule is CC1OC(OC2C(CO)OC(OCC3OC(OC(=O)C45CCC(C)(C)CC4C4=CCC6C7(C)CCC(OC8OCC(O)C(O)C8OC8OC(C)C(O)C(OC9OCC(O)C(OC%10OC(CO)C(O)C(O)C%10O)C9O)C8O)C(C)(C)C7CCC6(C)C4(C)CC5)C(O)C(O)C3O)C(O)C2O)C(O)C(O)C1O. The van der Waals surface area contributed by atoms with Crippen LogP contribution in [0.25, 0.3) is 0 Å². The molecule has 0 spiro atoms. The van der Waals surface area contributed by atoms with Crippen LogP contribution < -0.4 is 0 Å². The van der Waals surface area contributed by atoms with Crippen molar-refractivity contribution in [1.29, 1.82) is 0 Å². The zero-order chi connectivity index (χ0) is 75.7. The third-order valence-corrected chi connectivity index (χ3v) is 26.9. The number of esters is 1. The van der Waals surface area contributed by atoms with Crippen LogP contribution in [-0.2, 0) is 71.1 Å². The third kappa shape index (κ3) is 14.3. The highest BCUT2D eigenvalue weighted by Crippen LogP contribution is 2.76. The molecule has 41 unspecified atom stereocenters. The number of hydrogen-bond acceptors (Lipinski definition) is 34. The summed E-state index contributed by atoms with van der Waals surface area (Å²) in [7, 11) is 0. The molecule has 0 radical (unpaired) electrons. The zero-order valence-corrected chi connectivity index (χ0v) is 60.2. The van der Waals surface area contributed by atoms with Gasteiger partial charge in [-0.25, -0.2) is 0 Å². The van der Waals surface area contributed by atoms with E-state index in [1.54, 1.807) is 0 Å². The number of aliphatic hydroxyl groups excluding tert-OH is 19. The van der Waals surface area contributed by atoms with Crippen molar-refractivity contribution in [1.82, 2.24) is 0 Å². The van der Waals surface area contributed by atoms with E-state index in [1.165, 1.54) is 19.4 Å². The van der Waals surface area contributed by atoms with Crippen LogP contribution in [0.2, 0.25) is 0 Å². The van der Waals surface area contributed by atoms with Gasteiger partial charge in [-0.05, 0) is 123 Å². The van der Waals surface area contributed by atoms with Crippen molar-refractivity contribution in [2.75, 3.05) is 33.0 Å². The van der Waals surface area contributed by atoms with Crippen molar-refractivity contribution in [2.45, 2.75) is 335 Å². The Morgan fingerprint density at radius 1 is 0.452 bits per heavy atom. The summed E-state index contributed by atoms with van der Waals surface area (Å²) in [5.41, 5.74) is -1.65. The first-order chi connectivity index (χ1) is 48.8. The van der Waals surface area contributed by atoms with Crippen molar-refractivity contribution < 1.29 is 168 Å². The molecule has 5 aliphatic carbocycles. The topological polar surface area (TPSA) is 531 Å². The molecule has 7 heterocycles. The summed E-state index contributed by atoms with van der Waals surface area (Å²) in [4.78, 5) is 15.4. The summed E-state index contributed by atoms with van der Waals surface area (Å²) in [6, 6.07) is 0. The van der Waals surface area contributed by atoms with Crippen LogP contribution in [0.5, 0.6) is 0 Å². The molecule has 4 saturated carbocycles. The molecule has 12 rings (SSSR count). The van der Waals surface area contributed by atoms with Gasteiger partial charge in [-0.15, -0.1) is 0 Å². The van der Waals surface area contributed by atoms with Gasteiger partial charge in [0.05, 0.1) is 56.8 Å². The lowest BCUT2D eigenvalue weighted by molar-refractivity contribution is -0.384.